The van der Waals surface area contributed by atoms with E-state index in [0.717, 1.165) is 0 Å². The fourth-order valence-electron chi connectivity index (χ4n) is 2.45. The zero-order valence-corrected chi connectivity index (χ0v) is 20.3. The van der Waals surface area contributed by atoms with Crippen LogP contribution in [0.3, 0.4) is 0 Å². The van der Waals surface area contributed by atoms with Crippen LogP contribution < -0.4 is 9.50 Å². The summed E-state index contributed by atoms with van der Waals surface area (Å²) in [6, 6.07) is 15.1. The molecule has 0 saturated carbocycles. The summed E-state index contributed by atoms with van der Waals surface area (Å²) >= 11 is 0.679. The van der Waals surface area contributed by atoms with Gasteiger partial charge in [0.05, 0.1) is 5.25 Å². The molecule has 0 aliphatic rings. The van der Waals surface area contributed by atoms with Gasteiger partial charge in [-0.2, -0.15) is 23.0 Å². The first-order chi connectivity index (χ1) is 16.0. The minimum absolute atomic E-state index is 0.00318. The number of anilines is 1. The van der Waals surface area contributed by atoms with Gasteiger partial charge in [-0.05, 0) is 49.8 Å². The van der Waals surface area contributed by atoms with Gasteiger partial charge in [-0.25, -0.2) is 8.42 Å². The first-order valence-corrected chi connectivity index (χ1v) is 13.4. The van der Waals surface area contributed by atoms with Crippen LogP contribution in [0.15, 0.2) is 70.2 Å². The largest absolute Gasteiger partial charge is 0.379 e. The number of nitrogens with one attached hydrogen (secondary N) is 1. The SMILES string of the molecule is CC(C)S(=O)(=O)c1nsc(NC(=O)C(C#N)=Cc2ccc(OS(=O)(=O)c3ccccc3)cc2)n1. The van der Waals surface area contributed by atoms with E-state index in [2.05, 4.69) is 14.7 Å². The summed E-state index contributed by atoms with van der Waals surface area (Å²) in [6.45, 7) is 2.97. The number of nitriles is 1. The average Bonchev–Trinajstić information content (AvgIpc) is 3.28. The Labute approximate surface area is 200 Å². The molecule has 1 aromatic heterocycles. The van der Waals surface area contributed by atoms with Crippen LogP contribution in [-0.4, -0.2) is 37.4 Å². The van der Waals surface area contributed by atoms with Crippen molar-refractivity contribution in [3.8, 4) is 11.8 Å². The van der Waals surface area contributed by atoms with E-state index in [1.54, 1.807) is 24.3 Å². The molecule has 0 radical (unpaired) electrons. The van der Waals surface area contributed by atoms with Crippen molar-refractivity contribution in [2.75, 3.05) is 5.32 Å². The third kappa shape index (κ3) is 5.84. The van der Waals surface area contributed by atoms with E-state index < -0.39 is 36.3 Å². The third-order valence-corrected chi connectivity index (χ3v) is 8.24. The highest BCUT2D eigenvalue weighted by Crippen LogP contribution is 2.21. The van der Waals surface area contributed by atoms with Gasteiger partial charge in [0.2, 0.25) is 15.0 Å². The Kier molecular flexibility index (Phi) is 7.45. The number of sulfone groups is 1. The lowest BCUT2D eigenvalue weighted by atomic mass is 10.1. The second-order valence-corrected chi connectivity index (χ2v) is 11.7. The van der Waals surface area contributed by atoms with Crippen molar-refractivity contribution >= 4 is 48.6 Å². The third-order valence-electron chi connectivity index (χ3n) is 4.30. The Morgan fingerprint density at radius 2 is 1.74 bits per heavy atom. The molecule has 0 fully saturated rings. The van der Waals surface area contributed by atoms with E-state index in [1.165, 1.54) is 56.3 Å². The molecule has 3 aromatic rings. The van der Waals surface area contributed by atoms with Gasteiger partial charge in [0.25, 0.3) is 11.1 Å². The smallest absolute Gasteiger partial charge is 0.339 e. The Balaban J connectivity index is 1.72. The number of rotatable bonds is 8. The number of hydrogen-bond donors (Lipinski definition) is 1. The summed E-state index contributed by atoms with van der Waals surface area (Å²) < 4.78 is 57.7. The molecule has 1 heterocycles. The van der Waals surface area contributed by atoms with Gasteiger partial charge in [-0.15, -0.1) is 0 Å². The normalized spacial score (nSPS) is 12.2. The maximum Gasteiger partial charge on any atom is 0.339 e. The highest BCUT2D eigenvalue weighted by atomic mass is 32.2. The Morgan fingerprint density at radius 1 is 1.09 bits per heavy atom. The molecule has 0 saturated heterocycles. The van der Waals surface area contributed by atoms with Crippen LogP contribution in [0.25, 0.3) is 6.08 Å². The molecule has 0 atom stereocenters. The standard InChI is InChI=1S/C21H18N4O6S3/c1-14(2)33(27,28)21-24-20(32-25-21)23-19(26)16(13-22)12-15-8-10-17(11-9-15)31-34(29,30)18-6-4-3-5-7-18/h3-12,14H,1-2H3,(H,23,24,25,26). The number of carbonyl (C=O) groups is 1. The molecular weight excluding hydrogens is 500 g/mol. The van der Waals surface area contributed by atoms with E-state index in [4.69, 9.17) is 4.18 Å². The van der Waals surface area contributed by atoms with Crippen LogP contribution in [-0.2, 0) is 24.7 Å². The molecule has 34 heavy (non-hydrogen) atoms. The number of nitrogens with zero attached hydrogens (tertiary/aromatic N) is 3. The summed E-state index contributed by atoms with van der Waals surface area (Å²) in [4.78, 5) is 16.3. The minimum Gasteiger partial charge on any atom is -0.379 e. The summed E-state index contributed by atoms with van der Waals surface area (Å²) in [5, 5.41) is 10.5. The van der Waals surface area contributed by atoms with Crippen molar-refractivity contribution in [2.24, 2.45) is 0 Å². The lowest BCUT2D eigenvalue weighted by Crippen LogP contribution is -2.16. The van der Waals surface area contributed by atoms with Gasteiger partial charge in [-0.1, -0.05) is 30.3 Å². The van der Waals surface area contributed by atoms with Crippen molar-refractivity contribution < 1.29 is 25.8 Å². The van der Waals surface area contributed by atoms with Crippen LogP contribution >= 0.6 is 11.5 Å². The molecule has 0 aliphatic carbocycles. The molecule has 1 amide bonds. The second-order valence-electron chi connectivity index (χ2n) is 7.02. The molecule has 3 rings (SSSR count). The second kappa shape index (κ2) is 10.1. The predicted molar refractivity (Wildman–Crippen MR) is 125 cm³/mol. The van der Waals surface area contributed by atoms with Crippen molar-refractivity contribution in [3.05, 3.63) is 65.7 Å². The van der Waals surface area contributed by atoms with Crippen molar-refractivity contribution in [1.29, 1.82) is 5.26 Å². The van der Waals surface area contributed by atoms with E-state index in [-0.39, 0.29) is 21.3 Å². The predicted octanol–water partition coefficient (Wildman–Crippen LogP) is 3.03. The first kappa shape index (κ1) is 25.0. The van der Waals surface area contributed by atoms with Gasteiger partial charge in [-0.3, -0.25) is 10.1 Å². The molecular formula is C21H18N4O6S3. The Hall–Kier alpha value is -3.60. The summed E-state index contributed by atoms with van der Waals surface area (Å²) in [6.07, 6.45) is 1.28. The highest BCUT2D eigenvalue weighted by Gasteiger charge is 2.25. The average molecular weight is 519 g/mol. The van der Waals surface area contributed by atoms with Crippen LogP contribution in [0.2, 0.25) is 0 Å². The molecule has 13 heteroatoms. The number of benzene rings is 2. The van der Waals surface area contributed by atoms with Gasteiger partial charge >= 0.3 is 10.1 Å². The van der Waals surface area contributed by atoms with Crippen LogP contribution in [0.4, 0.5) is 5.13 Å². The van der Waals surface area contributed by atoms with E-state index >= 15 is 0 Å². The molecule has 10 nitrogen and oxygen atoms in total. The maximum atomic E-state index is 12.4. The monoisotopic (exact) mass is 518 g/mol. The van der Waals surface area contributed by atoms with Crippen LogP contribution in [0, 0.1) is 11.3 Å². The molecule has 1 N–H and O–H groups in total. The zero-order valence-electron chi connectivity index (χ0n) is 17.9. The summed E-state index contributed by atoms with van der Waals surface area (Å²) in [7, 11) is -7.70. The van der Waals surface area contributed by atoms with E-state index in [1.807, 2.05) is 0 Å². The molecule has 0 aliphatic heterocycles. The highest BCUT2D eigenvalue weighted by molar-refractivity contribution is 7.91. The van der Waals surface area contributed by atoms with Gasteiger partial charge in [0, 0.05) is 11.5 Å². The van der Waals surface area contributed by atoms with Gasteiger partial charge < -0.3 is 4.18 Å². The number of hydrogen-bond acceptors (Lipinski definition) is 10. The Bertz CT molecular complexity index is 1470. The van der Waals surface area contributed by atoms with Crippen LogP contribution in [0.1, 0.15) is 19.4 Å². The molecule has 0 bridgehead atoms. The molecule has 2 aromatic carbocycles. The zero-order chi connectivity index (χ0) is 24.9. The summed E-state index contributed by atoms with van der Waals surface area (Å²) in [5.41, 5.74) is 0.144. The summed E-state index contributed by atoms with van der Waals surface area (Å²) in [5.74, 6) is -0.754. The molecule has 0 unspecified atom stereocenters. The fraction of sp³-hybridized carbons (Fsp3) is 0.143. The van der Waals surface area contributed by atoms with Gasteiger partial charge in [0.15, 0.2) is 0 Å². The fourth-order valence-corrected chi connectivity index (χ4v) is 5.10. The van der Waals surface area contributed by atoms with E-state index in [0.29, 0.717) is 17.1 Å². The molecule has 0 spiro atoms. The maximum absolute atomic E-state index is 12.4. The Morgan fingerprint density at radius 3 is 2.32 bits per heavy atom. The van der Waals surface area contributed by atoms with Gasteiger partial charge in [0.1, 0.15) is 22.3 Å². The quantitative estimate of drug-likeness (QED) is 0.269. The van der Waals surface area contributed by atoms with Crippen LogP contribution in [0.5, 0.6) is 5.75 Å². The first-order valence-electron chi connectivity index (χ1n) is 9.63. The van der Waals surface area contributed by atoms with Crippen molar-refractivity contribution in [1.82, 2.24) is 9.36 Å². The lowest BCUT2D eigenvalue weighted by molar-refractivity contribution is -0.112. The van der Waals surface area contributed by atoms with E-state index in [9.17, 15) is 26.9 Å². The number of carbonyl (C=O) groups excluding carboxylic acids is 1. The lowest BCUT2D eigenvalue weighted by Gasteiger charge is -2.07. The topological polar surface area (TPSA) is 156 Å². The van der Waals surface area contributed by atoms with Crippen molar-refractivity contribution in [3.63, 3.8) is 0 Å². The molecule has 176 valence electrons. The number of aromatic nitrogens is 2. The number of amides is 1. The minimum atomic E-state index is -4.00. The van der Waals surface area contributed by atoms with Crippen molar-refractivity contribution in [2.45, 2.75) is 29.1 Å².